The number of aliphatic hydroxyl groups is 6. The summed E-state index contributed by atoms with van der Waals surface area (Å²) in [5.41, 5.74) is 0. The standard InChI is InChI=1S/2C3H8O3.CH4.H2S/c2*4-1-3(6)2-5;;/h2*3-6H,1-2H2;1H4;1H2/i2*1+1,3D;;/t2*3-;;/m10../s1. The molecule has 0 heterocycles. The molecule has 0 saturated carbocycles. The molecule has 7 heteroatoms. The van der Waals surface area contributed by atoms with Crippen molar-refractivity contribution in [2.75, 3.05) is 26.4 Å². The van der Waals surface area contributed by atoms with Crippen LogP contribution in [0.15, 0.2) is 0 Å². The van der Waals surface area contributed by atoms with Crippen LogP contribution in [0.4, 0.5) is 0 Å². The highest BCUT2D eigenvalue weighted by molar-refractivity contribution is 7.59. The molecule has 0 fully saturated rings. The molecule has 0 radical (unpaired) electrons. The first-order valence-electron chi connectivity index (χ1n) is 4.13. The maximum absolute atomic E-state index is 8.30. The van der Waals surface area contributed by atoms with E-state index >= 15 is 0 Å². The van der Waals surface area contributed by atoms with E-state index in [-0.39, 0.29) is 20.9 Å². The zero-order valence-corrected chi connectivity index (χ0v) is 8.01. The SMILES string of the molecule is C.S.[2H][C@@](O)(CO)[13CH2]O.[2H][C@](O)(CO)[13CH2]O. The first-order chi connectivity index (χ1) is 6.24. The second kappa shape index (κ2) is 18.8. The molecule has 6 nitrogen and oxygen atoms in total. The van der Waals surface area contributed by atoms with Crippen LogP contribution in [0.1, 0.15) is 10.2 Å². The predicted molar refractivity (Wildman–Crippen MR) is 57.5 cm³/mol. The third-order valence-corrected chi connectivity index (χ3v) is 0.730. The van der Waals surface area contributed by atoms with Crippen LogP contribution in [0.5, 0.6) is 0 Å². The van der Waals surface area contributed by atoms with Gasteiger partial charge in [-0.2, -0.15) is 13.5 Å². The number of hydrogen-bond donors (Lipinski definition) is 6. The Morgan fingerprint density at radius 2 is 0.929 bits per heavy atom. The summed E-state index contributed by atoms with van der Waals surface area (Å²) < 4.78 is 13.0. The van der Waals surface area contributed by atoms with Gasteiger partial charge in [-0.1, -0.05) is 7.43 Å². The van der Waals surface area contributed by atoms with Gasteiger partial charge in [0.2, 0.25) is 0 Å². The van der Waals surface area contributed by atoms with Gasteiger partial charge < -0.3 is 30.6 Å². The minimum Gasteiger partial charge on any atom is -0.394 e. The normalized spacial score (nSPS) is 19.0. The maximum atomic E-state index is 8.30. The highest BCUT2D eigenvalue weighted by Crippen LogP contribution is 1.72. The van der Waals surface area contributed by atoms with Crippen molar-refractivity contribution in [3.63, 3.8) is 0 Å². The first kappa shape index (κ1) is 16.5. The van der Waals surface area contributed by atoms with E-state index in [1.807, 2.05) is 0 Å². The van der Waals surface area contributed by atoms with Crippen LogP contribution in [0.3, 0.4) is 0 Å². The zero-order valence-electron chi connectivity index (χ0n) is 9.01. The highest BCUT2D eigenvalue weighted by atomic mass is 32.1. The summed E-state index contributed by atoms with van der Waals surface area (Å²) in [6, 6.07) is 0. The smallest absolute Gasteiger partial charge is 0.100 e. The summed E-state index contributed by atoms with van der Waals surface area (Å²) in [6.07, 6.45) is -4.11. The molecule has 0 aromatic rings. The molecule has 0 aromatic heterocycles. The summed E-state index contributed by atoms with van der Waals surface area (Å²) in [5.74, 6) is 0. The molecule has 2 atom stereocenters. The van der Waals surface area contributed by atoms with Gasteiger partial charge >= 0.3 is 0 Å². The lowest BCUT2D eigenvalue weighted by molar-refractivity contribution is 0.0450. The van der Waals surface area contributed by atoms with Crippen molar-refractivity contribution in [3.05, 3.63) is 0 Å². The Kier molecular flexibility index (Phi) is 22.2. The second-order valence-electron chi connectivity index (χ2n) is 1.76. The lowest BCUT2D eigenvalue weighted by Crippen LogP contribution is -2.15. The van der Waals surface area contributed by atoms with Crippen molar-refractivity contribution in [2.45, 2.75) is 19.6 Å². The van der Waals surface area contributed by atoms with E-state index in [0.717, 1.165) is 0 Å². The van der Waals surface area contributed by atoms with Crippen LogP contribution in [0.25, 0.3) is 0 Å². The number of aliphatic hydroxyl groups excluding tert-OH is 4. The molecule has 0 aromatic carbocycles. The minimum atomic E-state index is -2.06. The minimum absolute atomic E-state index is 0. The average molecular weight is 238 g/mol. The molecule has 0 unspecified atom stereocenters. The van der Waals surface area contributed by atoms with E-state index in [1.165, 1.54) is 0 Å². The van der Waals surface area contributed by atoms with Crippen molar-refractivity contribution in [1.82, 2.24) is 0 Å². The Hall–Kier alpha value is 0.110. The van der Waals surface area contributed by atoms with Crippen LogP contribution in [0, 0.1) is 0 Å². The fraction of sp³-hybridized carbons (Fsp3) is 1.00. The van der Waals surface area contributed by atoms with E-state index in [9.17, 15) is 0 Å². The van der Waals surface area contributed by atoms with Gasteiger partial charge in [0.15, 0.2) is 0 Å². The van der Waals surface area contributed by atoms with Crippen LogP contribution in [0.2, 0.25) is 0 Å². The van der Waals surface area contributed by atoms with Crippen molar-refractivity contribution >= 4 is 13.5 Å². The molecule has 6 N–H and O–H groups in total. The van der Waals surface area contributed by atoms with Crippen LogP contribution < -0.4 is 0 Å². The average Bonchev–Trinajstić information content (AvgIpc) is 2.19. The van der Waals surface area contributed by atoms with E-state index in [0.29, 0.717) is 0 Å². The summed E-state index contributed by atoms with van der Waals surface area (Å²) in [5, 5.41) is 48.6. The molecular weight excluding hydrogens is 214 g/mol. The zero-order chi connectivity index (χ0) is 11.8. The number of hydrogen-bond acceptors (Lipinski definition) is 6. The quantitative estimate of drug-likeness (QED) is 0.299. The molecule has 92 valence electrons. The van der Waals surface area contributed by atoms with E-state index in [2.05, 4.69) is 0 Å². The second-order valence-corrected chi connectivity index (χ2v) is 1.76. The maximum Gasteiger partial charge on any atom is 0.100 e. The fourth-order valence-electron chi connectivity index (χ4n) is 0.1000. The third-order valence-electron chi connectivity index (χ3n) is 0.730. The monoisotopic (exact) mass is 238 g/mol. The molecule has 0 spiro atoms. The van der Waals surface area contributed by atoms with Crippen molar-refractivity contribution in [2.24, 2.45) is 0 Å². The first-order valence-corrected chi connectivity index (χ1v) is 3.13. The Balaban J connectivity index is -0.0000000800. The van der Waals surface area contributed by atoms with Gasteiger partial charge in [0, 0.05) is 0 Å². The number of rotatable bonds is 4. The molecule has 0 rings (SSSR count). The largest absolute Gasteiger partial charge is 0.394 e. The summed E-state index contributed by atoms with van der Waals surface area (Å²) in [4.78, 5) is 0. The van der Waals surface area contributed by atoms with Gasteiger partial charge in [-0.25, -0.2) is 0 Å². The topological polar surface area (TPSA) is 121 Å². The van der Waals surface area contributed by atoms with Gasteiger partial charge in [-0.3, -0.25) is 0 Å². The van der Waals surface area contributed by atoms with Crippen LogP contribution in [-0.4, -0.2) is 69.2 Å². The Labute approximate surface area is 93.7 Å². The summed E-state index contributed by atoms with van der Waals surface area (Å²) in [6.45, 7) is -2.93. The molecule has 0 amide bonds. The van der Waals surface area contributed by atoms with E-state index in [1.54, 1.807) is 0 Å². The molecule has 0 aliphatic heterocycles. The Morgan fingerprint density at radius 3 is 0.929 bits per heavy atom. The van der Waals surface area contributed by atoms with E-state index < -0.39 is 38.6 Å². The fourth-order valence-corrected chi connectivity index (χ4v) is 0.1000. The van der Waals surface area contributed by atoms with Crippen molar-refractivity contribution in [3.8, 4) is 0 Å². The van der Waals surface area contributed by atoms with E-state index in [4.69, 9.17) is 33.4 Å². The molecule has 14 heavy (non-hydrogen) atoms. The van der Waals surface area contributed by atoms with Gasteiger partial charge in [0.1, 0.15) is 12.2 Å². The Bertz CT molecular complexity index is 119. The van der Waals surface area contributed by atoms with Gasteiger partial charge in [-0.15, -0.1) is 0 Å². The third kappa shape index (κ3) is 22.7. The lowest BCUT2D eigenvalue weighted by Gasteiger charge is -1.96. The summed E-state index contributed by atoms with van der Waals surface area (Å²) in [7, 11) is 0. The van der Waals surface area contributed by atoms with Crippen molar-refractivity contribution < 1.29 is 33.4 Å². The summed E-state index contributed by atoms with van der Waals surface area (Å²) >= 11 is 0. The lowest BCUT2D eigenvalue weighted by atomic mass is 10.6. The molecule has 0 saturated heterocycles. The predicted octanol–water partition coefficient (Wildman–Crippen LogP) is -2.59. The molecule has 0 bridgehead atoms. The molecule has 0 aliphatic rings. The highest BCUT2D eigenvalue weighted by Gasteiger charge is 1.94. The molecular formula is C7H22O6S. The van der Waals surface area contributed by atoms with Gasteiger partial charge in [0.05, 0.1) is 29.2 Å². The Morgan fingerprint density at radius 1 is 0.786 bits per heavy atom. The van der Waals surface area contributed by atoms with Crippen molar-refractivity contribution in [1.29, 1.82) is 0 Å². The van der Waals surface area contributed by atoms with Gasteiger partial charge in [-0.05, 0) is 0 Å². The van der Waals surface area contributed by atoms with Crippen LogP contribution in [-0.2, 0) is 0 Å². The van der Waals surface area contributed by atoms with Gasteiger partial charge in [0.25, 0.3) is 0 Å². The van der Waals surface area contributed by atoms with Crippen LogP contribution >= 0.6 is 13.5 Å². The molecule has 0 aliphatic carbocycles.